The molecule has 1 aromatic carbocycles. The van der Waals surface area contributed by atoms with Crippen LogP contribution in [0.15, 0.2) is 24.4 Å². The third-order valence-electron chi connectivity index (χ3n) is 3.29. The Morgan fingerprint density at radius 3 is 2.76 bits per heavy atom. The highest BCUT2D eigenvalue weighted by atomic mass is 35.5. The Bertz CT molecular complexity index is 791. The third kappa shape index (κ3) is 5.15. The smallest absolute Gasteiger partial charge is 0.405 e. The van der Waals surface area contributed by atoms with E-state index in [0.29, 0.717) is 27.0 Å². The van der Waals surface area contributed by atoms with Crippen LogP contribution in [-0.4, -0.2) is 22.6 Å². The Morgan fingerprint density at radius 2 is 2.12 bits per heavy atom. The van der Waals surface area contributed by atoms with E-state index in [1.54, 1.807) is 32.0 Å². The van der Waals surface area contributed by atoms with Gasteiger partial charge in [0.1, 0.15) is 10.5 Å². The number of primary amides is 1. The topological polar surface area (TPSA) is 120 Å². The predicted molar refractivity (Wildman–Crippen MR) is 97.9 cm³/mol. The van der Waals surface area contributed by atoms with Gasteiger partial charge in [-0.1, -0.05) is 23.7 Å². The number of rotatable bonds is 6. The summed E-state index contributed by atoms with van der Waals surface area (Å²) in [5.41, 5.74) is 11.1. The number of nitrogens with one attached hydrogen (secondary N) is 1. The van der Waals surface area contributed by atoms with Gasteiger partial charge in [0.25, 0.3) is 5.91 Å². The van der Waals surface area contributed by atoms with E-state index in [4.69, 9.17) is 27.8 Å². The van der Waals surface area contributed by atoms with Crippen LogP contribution in [0.3, 0.4) is 0 Å². The van der Waals surface area contributed by atoms with Gasteiger partial charge in [0.05, 0.1) is 21.9 Å². The number of halogens is 1. The molecule has 0 unspecified atom stereocenters. The molecule has 2 aromatic rings. The lowest BCUT2D eigenvalue weighted by Crippen LogP contribution is -2.33. The van der Waals surface area contributed by atoms with Crippen LogP contribution in [-0.2, 0) is 17.7 Å². The Labute approximate surface area is 154 Å². The number of hydrogen-bond donors (Lipinski definition) is 3. The number of carbonyl (C=O) groups is 2. The lowest BCUT2D eigenvalue weighted by Gasteiger charge is -2.22. The van der Waals surface area contributed by atoms with E-state index in [-0.39, 0.29) is 12.5 Å². The number of nitrogens with zero attached hydrogens (tertiary/aromatic N) is 1. The minimum Gasteiger partial charge on any atom is -0.443 e. The molecule has 134 valence electrons. The van der Waals surface area contributed by atoms with Gasteiger partial charge < -0.3 is 21.5 Å². The molecule has 0 saturated carbocycles. The Kier molecular flexibility index (Phi) is 5.99. The number of hydrogen-bond acceptors (Lipinski definition) is 6. The van der Waals surface area contributed by atoms with Gasteiger partial charge in [0, 0.05) is 13.0 Å². The van der Waals surface area contributed by atoms with Crippen molar-refractivity contribution in [3.05, 3.63) is 44.9 Å². The second-order valence-electron chi connectivity index (χ2n) is 5.91. The Morgan fingerprint density at radius 1 is 1.40 bits per heavy atom. The van der Waals surface area contributed by atoms with E-state index < -0.39 is 11.7 Å². The summed E-state index contributed by atoms with van der Waals surface area (Å²) in [4.78, 5) is 28.0. The number of anilines is 1. The highest BCUT2D eigenvalue weighted by molar-refractivity contribution is 7.13. The van der Waals surface area contributed by atoms with Crippen LogP contribution in [0, 0.1) is 0 Å². The van der Waals surface area contributed by atoms with E-state index in [2.05, 4.69) is 10.3 Å². The number of amides is 2. The number of thiazole rings is 1. The first-order valence-electron chi connectivity index (χ1n) is 7.44. The molecule has 7 nitrogen and oxygen atoms in total. The summed E-state index contributed by atoms with van der Waals surface area (Å²) in [6, 6.07) is 5.24. The van der Waals surface area contributed by atoms with Gasteiger partial charge in [-0.15, -0.1) is 11.3 Å². The van der Waals surface area contributed by atoms with E-state index >= 15 is 0 Å². The fraction of sp³-hybridized carbons (Fsp3) is 0.312. The summed E-state index contributed by atoms with van der Waals surface area (Å²) in [6.45, 7) is 3.69. The first kappa shape index (κ1) is 19.2. The van der Waals surface area contributed by atoms with E-state index in [9.17, 15) is 9.59 Å². The second-order valence-corrected chi connectivity index (χ2v) is 7.43. The molecular formula is C16H19ClN4O3S. The maximum Gasteiger partial charge on any atom is 0.405 e. The van der Waals surface area contributed by atoms with Crippen LogP contribution in [0.25, 0.3) is 0 Å². The molecule has 1 heterocycles. The van der Waals surface area contributed by atoms with E-state index in [0.717, 1.165) is 5.56 Å². The minimum absolute atomic E-state index is 0.253. The lowest BCUT2D eigenvalue weighted by atomic mass is 10.1. The molecule has 0 aliphatic rings. The molecule has 1 aromatic heterocycles. The molecule has 2 rings (SSSR count). The van der Waals surface area contributed by atoms with Crippen LogP contribution in [0.1, 0.15) is 34.1 Å². The molecule has 0 aliphatic carbocycles. The maximum atomic E-state index is 12.4. The molecule has 2 amide bonds. The van der Waals surface area contributed by atoms with Crippen molar-refractivity contribution in [2.75, 3.05) is 5.32 Å². The minimum atomic E-state index is -0.854. The number of ether oxygens (including phenoxy) is 1. The first-order chi connectivity index (χ1) is 11.7. The standard InChI is InChI=1S/C16H19ClN4O3S/c1-16(2,24-15(19)23)6-12-20-8-11(25-12)14(22)21-13-9(7-18)4-3-5-10(13)17/h3-5,8H,6-7,18H2,1-2H3,(H2,19,23)(H,21,22). The number of para-hydroxylation sites is 1. The Hall–Kier alpha value is -2.16. The van der Waals surface area contributed by atoms with Crippen molar-refractivity contribution in [2.24, 2.45) is 11.5 Å². The van der Waals surface area contributed by atoms with Gasteiger partial charge in [-0.25, -0.2) is 9.78 Å². The largest absolute Gasteiger partial charge is 0.443 e. The van der Waals surface area contributed by atoms with Crippen molar-refractivity contribution in [2.45, 2.75) is 32.4 Å². The van der Waals surface area contributed by atoms with Crippen molar-refractivity contribution >= 4 is 40.6 Å². The summed E-state index contributed by atoms with van der Waals surface area (Å²) >= 11 is 7.34. The summed E-state index contributed by atoms with van der Waals surface area (Å²) < 4.78 is 5.03. The molecule has 9 heteroatoms. The second kappa shape index (κ2) is 7.81. The molecule has 25 heavy (non-hydrogen) atoms. The zero-order valence-corrected chi connectivity index (χ0v) is 15.4. The summed E-state index contributed by atoms with van der Waals surface area (Å²) in [6.07, 6.45) is 0.954. The van der Waals surface area contributed by atoms with Crippen molar-refractivity contribution in [1.82, 2.24) is 4.98 Å². The molecule has 0 atom stereocenters. The maximum absolute atomic E-state index is 12.4. The van der Waals surface area contributed by atoms with Gasteiger partial charge in [0.15, 0.2) is 0 Å². The monoisotopic (exact) mass is 382 g/mol. The fourth-order valence-corrected chi connectivity index (χ4v) is 3.49. The summed E-state index contributed by atoms with van der Waals surface area (Å²) in [5.74, 6) is -0.333. The van der Waals surface area contributed by atoms with Crippen LogP contribution in [0.5, 0.6) is 0 Å². The highest BCUT2D eigenvalue weighted by Crippen LogP contribution is 2.27. The lowest BCUT2D eigenvalue weighted by molar-refractivity contribution is 0.0460. The Balaban J connectivity index is 2.12. The van der Waals surface area contributed by atoms with Crippen LogP contribution in [0.4, 0.5) is 10.5 Å². The molecule has 0 aliphatic heterocycles. The molecule has 0 fully saturated rings. The average Bonchev–Trinajstić information content (AvgIpc) is 2.95. The molecule has 0 saturated heterocycles. The normalized spacial score (nSPS) is 11.2. The zero-order chi connectivity index (χ0) is 18.6. The van der Waals surface area contributed by atoms with Crippen molar-refractivity contribution < 1.29 is 14.3 Å². The zero-order valence-electron chi connectivity index (χ0n) is 13.8. The van der Waals surface area contributed by atoms with Crippen LogP contribution >= 0.6 is 22.9 Å². The number of carbonyl (C=O) groups excluding carboxylic acids is 2. The third-order valence-corrected chi connectivity index (χ3v) is 4.60. The van der Waals surface area contributed by atoms with Gasteiger partial charge in [-0.2, -0.15) is 0 Å². The number of nitrogens with two attached hydrogens (primary N) is 2. The van der Waals surface area contributed by atoms with Gasteiger partial charge in [0.2, 0.25) is 0 Å². The SMILES string of the molecule is CC(C)(Cc1ncc(C(=O)Nc2c(Cl)cccc2CN)s1)OC(N)=O. The van der Waals surface area contributed by atoms with Crippen molar-refractivity contribution in [3.8, 4) is 0 Å². The molecule has 5 N–H and O–H groups in total. The van der Waals surface area contributed by atoms with Gasteiger partial charge >= 0.3 is 6.09 Å². The summed E-state index contributed by atoms with van der Waals surface area (Å²) in [7, 11) is 0. The van der Waals surface area contributed by atoms with Crippen molar-refractivity contribution in [1.29, 1.82) is 0 Å². The number of aromatic nitrogens is 1. The summed E-state index contributed by atoms with van der Waals surface area (Å²) in [5, 5.41) is 3.83. The highest BCUT2D eigenvalue weighted by Gasteiger charge is 2.25. The first-order valence-corrected chi connectivity index (χ1v) is 8.63. The number of benzene rings is 1. The van der Waals surface area contributed by atoms with Crippen LogP contribution in [0.2, 0.25) is 5.02 Å². The van der Waals surface area contributed by atoms with Gasteiger partial charge in [-0.3, -0.25) is 4.79 Å². The molecule has 0 radical (unpaired) electrons. The van der Waals surface area contributed by atoms with Crippen molar-refractivity contribution in [3.63, 3.8) is 0 Å². The molecule has 0 spiro atoms. The van der Waals surface area contributed by atoms with E-state index in [1.807, 2.05) is 0 Å². The predicted octanol–water partition coefficient (Wildman–Crippen LogP) is 2.92. The van der Waals surface area contributed by atoms with E-state index in [1.165, 1.54) is 17.5 Å². The molecular weight excluding hydrogens is 364 g/mol. The van der Waals surface area contributed by atoms with Gasteiger partial charge in [-0.05, 0) is 25.5 Å². The quantitative estimate of drug-likeness (QED) is 0.709. The average molecular weight is 383 g/mol. The van der Waals surface area contributed by atoms with Crippen LogP contribution < -0.4 is 16.8 Å². The molecule has 0 bridgehead atoms. The fourth-order valence-electron chi connectivity index (χ4n) is 2.22.